The molecule has 1 spiro atoms. The highest BCUT2D eigenvalue weighted by molar-refractivity contribution is 5.71. The first kappa shape index (κ1) is 12.7. The van der Waals surface area contributed by atoms with Crippen molar-refractivity contribution in [2.45, 2.75) is 44.4 Å². The van der Waals surface area contributed by atoms with Gasteiger partial charge in [-0.25, -0.2) is 0 Å². The van der Waals surface area contributed by atoms with E-state index in [4.69, 9.17) is 9.84 Å². The zero-order chi connectivity index (χ0) is 12.7. The minimum Gasteiger partial charge on any atom is -0.481 e. The fraction of sp³-hybridized carbons (Fsp3) is 0.909. The van der Waals surface area contributed by atoms with Gasteiger partial charge in [0.1, 0.15) is 0 Å². The van der Waals surface area contributed by atoms with Gasteiger partial charge in [0.05, 0.1) is 25.0 Å². The summed E-state index contributed by atoms with van der Waals surface area (Å²) in [5.74, 6) is -1.02. The molecule has 0 atom stereocenters. The van der Waals surface area contributed by atoms with E-state index in [0.29, 0.717) is 25.7 Å². The van der Waals surface area contributed by atoms with Crippen LogP contribution in [-0.2, 0) is 9.53 Å². The van der Waals surface area contributed by atoms with E-state index in [2.05, 4.69) is 0 Å². The van der Waals surface area contributed by atoms with Crippen molar-refractivity contribution < 1.29 is 27.8 Å². The van der Waals surface area contributed by atoms with Crippen molar-refractivity contribution in [1.29, 1.82) is 0 Å². The van der Waals surface area contributed by atoms with Crippen molar-refractivity contribution in [3.05, 3.63) is 0 Å². The first-order valence-electron chi connectivity index (χ1n) is 5.71. The number of hydrogen-bond acceptors (Lipinski definition) is 2. The predicted molar refractivity (Wildman–Crippen MR) is 52.4 cm³/mol. The topological polar surface area (TPSA) is 46.5 Å². The average Bonchev–Trinajstić information content (AvgIpc) is 2.02. The normalized spacial score (nSPS) is 36.4. The Hall–Kier alpha value is -0.780. The average molecular weight is 252 g/mol. The minimum absolute atomic E-state index is 0.0615. The largest absolute Gasteiger partial charge is 0.481 e. The molecule has 0 aromatic heterocycles. The molecule has 0 unspecified atom stereocenters. The van der Waals surface area contributed by atoms with Crippen LogP contribution in [0.3, 0.4) is 0 Å². The highest BCUT2D eigenvalue weighted by atomic mass is 19.4. The number of rotatable bonds is 4. The number of aliphatic carboxylic acids is 1. The van der Waals surface area contributed by atoms with Crippen molar-refractivity contribution in [3.63, 3.8) is 0 Å². The first-order chi connectivity index (χ1) is 7.80. The Morgan fingerprint density at radius 1 is 1.29 bits per heavy atom. The Morgan fingerprint density at radius 3 is 2.35 bits per heavy atom. The predicted octanol–water partition coefficient (Wildman–Crippen LogP) is 2.60. The smallest absolute Gasteiger partial charge is 0.391 e. The van der Waals surface area contributed by atoms with Gasteiger partial charge in [0.2, 0.25) is 0 Å². The van der Waals surface area contributed by atoms with E-state index < -0.39 is 18.6 Å². The third-order valence-corrected chi connectivity index (χ3v) is 3.77. The van der Waals surface area contributed by atoms with Crippen LogP contribution in [0.15, 0.2) is 0 Å². The highest BCUT2D eigenvalue weighted by Gasteiger charge is 2.55. The van der Waals surface area contributed by atoms with Gasteiger partial charge in [-0.3, -0.25) is 4.79 Å². The minimum atomic E-state index is -4.16. The molecule has 0 heterocycles. The molecule has 98 valence electrons. The standard InChI is InChI=1S/C11H15F3O3/c12-11(13,14)1-2-17-8-5-10(6-8)3-7(4-10)9(15)16/h7-8H,1-6H2,(H,15,16). The van der Waals surface area contributed by atoms with Gasteiger partial charge in [-0.05, 0) is 31.1 Å². The summed E-state index contributed by atoms with van der Waals surface area (Å²) in [4.78, 5) is 10.6. The maximum Gasteiger partial charge on any atom is 0.391 e. The molecule has 3 nitrogen and oxygen atoms in total. The second-order valence-corrected chi connectivity index (χ2v) is 5.21. The van der Waals surface area contributed by atoms with Crippen LogP contribution in [0.5, 0.6) is 0 Å². The number of carbonyl (C=O) groups is 1. The van der Waals surface area contributed by atoms with Crippen LogP contribution in [0.4, 0.5) is 13.2 Å². The highest BCUT2D eigenvalue weighted by Crippen LogP contribution is 2.59. The van der Waals surface area contributed by atoms with E-state index in [-0.39, 0.29) is 24.0 Å². The van der Waals surface area contributed by atoms with Crippen LogP contribution < -0.4 is 0 Å². The second kappa shape index (κ2) is 4.15. The van der Waals surface area contributed by atoms with Gasteiger partial charge in [-0.2, -0.15) is 13.2 Å². The van der Waals surface area contributed by atoms with Gasteiger partial charge in [0, 0.05) is 0 Å². The van der Waals surface area contributed by atoms with Gasteiger partial charge in [0.15, 0.2) is 0 Å². The summed E-state index contributed by atoms with van der Waals surface area (Å²) in [5.41, 5.74) is 0.0615. The van der Waals surface area contributed by atoms with Gasteiger partial charge >= 0.3 is 12.1 Å². The van der Waals surface area contributed by atoms with Crippen molar-refractivity contribution in [2.75, 3.05) is 6.61 Å². The lowest BCUT2D eigenvalue weighted by molar-refractivity contribution is -0.182. The molecule has 0 aliphatic heterocycles. The number of alkyl halides is 3. The van der Waals surface area contributed by atoms with Crippen LogP contribution in [0.1, 0.15) is 32.1 Å². The van der Waals surface area contributed by atoms with E-state index in [1.54, 1.807) is 0 Å². The summed E-state index contributed by atoms with van der Waals surface area (Å²) >= 11 is 0. The third-order valence-electron chi connectivity index (χ3n) is 3.77. The van der Waals surface area contributed by atoms with Crippen molar-refractivity contribution in [2.24, 2.45) is 11.3 Å². The van der Waals surface area contributed by atoms with Gasteiger partial charge in [-0.15, -0.1) is 0 Å². The summed E-state index contributed by atoms with van der Waals surface area (Å²) in [6, 6.07) is 0. The third kappa shape index (κ3) is 2.91. The number of carboxylic acids is 1. The molecule has 1 N–H and O–H groups in total. The molecule has 0 amide bonds. The molecule has 2 aliphatic carbocycles. The molecule has 6 heteroatoms. The maximum atomic E-state index is 11.9. The van der Waals surface area contributed by atoms with Crippen molar-refractivity contribution in [1.82, 2.24) is 0 Å². The molecule has 0 aromatic carbocycles. The van der Waals surface area contributed by atoms with Crippen molar-refractivity contribution in [3.8, 4) is 0 Å². The van der Waals surface area contributed by atoms with E-state index >= 15 is 0 Å². The fourth-order valence-corrected chi connectivity index (χ4v) is 2.86. The number of hydrogen-bond donors (Lipinski definition) is 1. The van der Waals surface area contributed by atoms with E-state index in [1.165, 1.54) is 0 Å². The Kier molecular flexibility index (Phi) is 3.10. The summed E-state index contributed by atoms with van der Waals surface area (Å²) in [6.45, 7) is -0.285. The van der Waals surface area contributed by atoms with Crippen LogP contribution >= 0.6 is 0 Å². The van der Waals surface area contributed by atoms with Gasteiger partial charge in [0.25, 0.3) is 0 Å². The summed E-state index contributed by atoms with van der Waals surface area (Å²) in [5, 5.41) is 8.73. The lowest BCUT2D eigenvalue weighted by Gasteiger charge is -2.56. The molecule has 0 saturated heterocycles. The fourth-order valence-electron chi connectivity index (χ4n) is 2.86. The lowest BCUT2D eigenvalue weighted by atomic mass is 9.50. The van der Waals surface area contributed by atoms with E-state index in [0.717, 1.165) is 0 Å². The van der Waals surface area contributed by atoms with Crippen LogP contribution in [0, 0.1) is 11.3 Å². The Labute approximate surface area is 96.9 Å². The number of halogens is 3. The molecular weight excluding hydrogens is 237 g/mol. The van der Waals surface area contributed by atoms with Crippen LogP contribution in [0.25, 0.3) is 0 Å². The zero-order valence-electron chi connectivity index (χ0n) is 9.29. The molecule has 2 fully saturated rings. The van der Waals surface area contributed by atoms with Crippen LogP contribution in [-0.4, -0.2) is 30.0 Å². The van der Waals surface area contributed by atoms with Crippen molar-refractivity contribution >= 4 is 5.97 Å². The Balaban J connectivity index is 1.59. The van der Waals surface area contributed by atoms with Gasteiger partial charge in [-0.1, -0.05) is 0 Å². The van der Waals surface area contributed by atoms with Crippen LogP contribution in [0.2, 0.25) is 0 Å². The lowest BCUT2D eigenvalue weighted by Crippen LogP contribution is -2.52. The molecule has 2 saturated carbocycles. The van der Waals surface area contributed by atoms with E-state index in [9.17, 15) is 18.0 Å². The number of ether oxygens (including phenoxy) is 1. The SMILES string of the molecule is O=C(O)C1CC2(CC(OCCC(F)(F)F)C2)C1. The van der Waals surface area contributed by atoms with Gasteiger partial charge < -0.3 is 9.84 Å². The molecule has 0 aromatic rings. The first-order valence-corrected chi connectivity index (χ1v) is 5.71. The molecule has 2 aliphatic rings. The summed E-state index contributed by atoms with van der Waals surface area (Å²) in [6.07, 6.45) is -2.43. The quantitative estimate of drug-likeness (QED) is 0.836. The maximum absolute atomic E-state index is 11.9. The summed E-state index contributed by atoms with van der Waals surface area (Å²) < 4.78 is 40.7. The number of carboxylic acid groups (broad SMARTS) is 1. The molecule has 0 radical (unpaired) electrons. The Morgan fingerprint density at radius 2 is 1.88 bits per heavy atom. The zero-order valence-corrected chi connectivity index (χ0v) is 9.29. The molecule has 0 bridgehead atoms. The monoisotopic (exact) mass is 252 g/mol. The summed E-state index contributed by atoms with van der Waals surface area (Å²) in [7, 11) is 0. The van der Waals surface area contributed by atoms with E-state index in [1.807, 2.05) is 0 Å². The molecule has 17 heavy (non-hydrogen) atoms. The molecule has 2 rings (SSSR count). The second-order valence-electron chi connectivity index (χ2n) is 5.21. The molecular formula is C11H15F3O3. The Bertz CT molecular complexity index is 300.